The van der Waals surface area contributed by atoms with Crippen LogP contribution in [0.5, 0.6) is 0 Å². The summed E-state index contributed by atoms with van der Waals surface area (Å²) >= 11 is 13.2. The molecule has 2 aromatic rings. The normalized spacial score (nSPS) is 16.3. The van der Waals surface area contributed by atoms with Gasteiger partial charge in [-0.25, -0.2) is 9.69 Å². The number of anilines is 2. The van der Waals surface area contributed by atoms with Crippen LogP contribution in [0.2, 0.25) is 10.0 Å². The number of aliphatic carboxylic acids is 1. The van der Waals surface area contributed by atoms with E-state index in [2.05, 4.69) is 5.32 Å². The lowest BCUT2D eigenvalue weighted by Crippen LogP contribution is -2.31. The highest BCUT2D eigenvalue weighted by molar-refractivity contribution is 8.00. The van der Waals surface area contributed by atoms with Crippen LogP contribution in [0.15, 0.2) is 59.5 Å². The number of imide groups is 1. The number of carbonyl (C=O) groups is 4. The van der Waals surface area contributed by atoms with Crippen molar-refractivity contribution in [3.63, 3.8) is 0 Å². The quantitative estimate of drug-likeness (QED) is 0.494. The second kappa shape index (κ2) is 9.34. The Morgan fingerprint density at radius 2 is 1.90 bits per heavy atom. The molecule has 1 fully saturated rings. The molecule has 1 aliphatic heterocycles. The number of carboxylic acid groups (broad SMARTS) is 1. The van der Waals surface area contributed by atoms with Gasteiger partial charge in [-0.3, -0.25) is 14.4 Å². The van der Waals surface area contributed by atoms with Crippen molar-refractivity contribution in [2.45, 2.75) is 16.6 Å². The molecule has 0 bridgehead atoms. The van der Waals surface area contributed by atoms with Gasteiger partial charge in [0.2, 0.25) is 17.7 Å². The van der Waals surface area contributed by atoms with E-state index in [0.29, 0.717) is 15.6 Å². The first-order chi connectivity index (χ1) is 14.2. The van der Waals surface area contributed by atoms with E-state index in [1.807, 2.05) is 0 Å². The Balaban J connectivity index is 1.72. The van der Waals surface area contributed by atoms with E-state index in [1.165, 1.54) is 23.9 Å². The molecule has 1 saturated heterocycles. The molecule has 10 heteroatoms. The van der Waals surface area contributed by atoms with Gasteiger partial charge in [-0.05, 0) is 36.4 Å². The summed E-state index contributed by atoms with van der Waals surface area (Å²) in [5.41, 5.74) is 0.708. The largest absolute Gasteiger partial charge is 0.478 e. The maximum absolute atomic E-state index is 12.8. The van der Waals surface area contributed by atoms with Crippen molar-refractivity contribution in [3.05, 3.63) is 64.7 Å². The van der Waals surface area contributed by atoms with Crippen molar-refractivity contribution in [1.82, 2.24) is 0 Å². The number of benzene rings is 2. The van der Waals surface area contributed by atoms with Crippen LogP contribution in [0.25, 0.3) is 0 Å². The first-order valence-corrected chi connectivity index (χ1v) is 10.2. The van der Waals surface area contributed by atoms with Gasteiger partial charge < -0.3 is 10.4 Å². The molecule has 0 saturated carbocycles. The fraction of sp³-hybridized carbons (Fsp3) is 0.100. The molecule has 1 heterocycles. The minimum atomic E-state index is -1.23. The lowest BCUT2D eigenvalue weighted by molar-refractivity contribution is -0.131. The van der Waals surface area contributed by atoms with E-state index >= 15 is 0 Å². The van der Waals surface area contributed by atoms with Crippen molar-refractivity contribution in [1.29, 1.82) is 0 Å². The van der Waals surface area contributed by atoms with Gasteiger partial charge >= 0.3 is 5.97 Å². The number of nitrogens with zero attached hydrogens (tertiary/aromatic N) is 1. The fourth-order valence-corrected chi connectivity index (χ4v) is 4.36. The Labute approximate surface area is 185 Å². The summed E-state index contributed by atoms with van der Waals surface area (Å²) in [6, 6.07) is 11.2. The summed E-state index contributed by atoms with van der Waals surface area (Å²) < 4.78 is 0. The summed E-state index contributed by atoms with van der Waals surface area (Å²) in [6.07, 6.45) is 1.63. The van der Waals surface area contributed by atoms with Crippen LogP contribution >= 0.6 is 35.0 Å². The monoisotopic (exact) mass is 464 g/mol. The van der Waals surface area contributed by atoms with Gasteiger partial charge in [-0.1, -0.05) is 29.3 Å². The molecule has 3 rings (SSSR count). The SMILES string of the molecule is O=C(O)/C=C/C(=O)Nc1cccc(S[C@@H]2CC(=O)N(c3ccc(Cl)cc3Cl)C2=O)c1. The lowest BCUT2D eigenvalue weighted by atomic mass is 10.3. The number of carbonyl (C=O) groups excluding carboxylic acids is 3. The van der Waals surface area contributed by atoms with Gasteiger partial charge in [-0.2, -0.15) is 0 Å². The first kappa shape index (κ1) is 21.9. The van der Waals surface area contributed by atoms with Gasteiger partial charge in [0.25, 0.3) is 0 Å². The molecular weight excluding hydrogens is 451 g/mol. The third kappa shape index (κ3) is 5.21. The Morgan fingerprint density at radius 1 is 1.13 bits per heavy atom. The third-order valence-corrected chi connectivity index (χ3v) is 5.73. The van der Waals surface area contributed by atoms with Gasteiger partial charge in [0.15, 0.2) is 0 Å². The molecule has 3 amide bonds. The van der Waals surface area contributed by atoms with Gasteiger partial charge in [0.05, 0.1) is 16.0 Å². The van der Waals surface area contributed by atoms with Gasteiger partial charge in [0.1, 0.15) is 0 Å². The van der Waals surface area contributed by atoms with E-state index in [0.717, 1.165) is 17.1 Å². The summed E-state index contributed by atoms with van der Waals surface area (Å²) in [6.45, 7) is 0. The number of nitrogens with one attached hydrogen (secondary N) is 1. The van der Waals surface area contributed by atoms with E-state index in [-0.39, 0.29) is 23.0 Å². The number of hydrogen-bond acceptors (Lipinski definition) is 5. The molecule has 1 aliphatic rings. The third-order valence-electron chi connectivity index (χ3n) is 4.01. The van der Waals surface area contributed by atoms with Crippen molar-refractivity contribution in [3.8, 4) is 0 Å². The number of amides is 3. The number of rotatable bonds is 6. The van der Waals surface area contributed by atoms with Crippen LogP contribution in [-0.2, 0) is 19.2 Å². The van der Waals surface area contributed by atoms with Gasteiger partial charge in [0, 0.05) is 34.2 Å². The van der Waals surface area contributed by atoms with Crippen molar-refractivity contribution in [2.75, 3.05) is 10.2 Å². The highest BCUT2D eigenvalue weighted by Crippen LogP contribution is 2.37. The average Bonchev–Trinajstić information content (AvgIpc) is 2.94. The zero-order chi connectivity index (χ0) is 21.8. The topological polar surface area (TPSA) is 104 Å². The van der Waals surface area contributed by atoms with Crippen LogP contribution in [0.4, 0.5) is 11.4 Å². The molecule has 0 spiro atoms. The summed E-state index contributed by atoms with van der Waals surface area (Å²) in [4.78, 5) is 49.2. The van der Waals surface area contributed by atoms with E-state index < -0.39 is 23.0 Å². The molecule has 0 radical (unpaired) electrons. The average molecular weight is 465 g/mol. The Kier molecular flexibility index (Phi) is 6.81. The van der Waals surface area contributed by atoms with Crippen molar-refractivity contribution < 1.29 is 24.3 Å². The molecule has 0 unspecified atom stereocenters. The smallest absolute Gasteiger partial charge is 0.328 e. The molecule has 0 aliphatic carbocycles. The Bertz CT molecular complexity index is 1070. The molecule has 2 N–H and O–H groups in total. The number of hydrogen-bond donors (Lipinski definition) is 2. The Hall–Kier alpha value is -2.81. The number of halogens is 2. The maximum Gasteiger partial charge on any atom is 0.328 e. The highest BCUT2D eigenvalue weighted by Gasteiger charge is 2.40. The Morgan fingerprint density at radius 3 is 2.60 bits per heavy atom. The molecule has 2 aromatic carbocycles. The van der Waals surface area contributed by atoms with Crippen LogP contribution in [0, 0.1) is 0 Å². The number of thioether (sulfide) groups is 1. The van der Waals surface area contributed by atoms with Crippen LogP contribution in [-0.4, -0.2) is 34.0 Å². The van der Waals surface area contributed by atoms with E-state index in [1.54, 1.807) is 30.3 Å². The molecule has 1 atom stereocenters. The molecular formula is C20H14Cl2N2O5S. The summed E-state index contributed by atoms with van der Waals surface area (Å²) in [7, 11) is 0. The van der Waals surface area contributed by atoms with Crippen molar-refractivity contribution >= 4 is 70.0 Å². The van der Waals surface area contributed by atoms with E-state index in [4.69, 9.17) is 28.3 Å². The second-order valence-corrected chi connectivity index (χ2v) is 8.28. The zero-order valence-corrected chi connectivity index (χ0v) is 17.5. The second-order valence-electron chi connectivity index (χ2n) is 6.16. The van der Waals surface area contributed by atoms with Crippen molar-refractivity contribution in [2.24, 2.45) is 0 Å². The standard InChI is InChI=1S/C20H14Cl2N2O5S/c21-11-4-5-15(14(22)8-11)24-18(26)10-16(20(24)29)30-13-3-1-2-12(9-13)23-17(25)6-7-19(27)28/h1-9,16H,10H2,(H,23,25)(H,27,28)/b7-6+/t16-/m1/s1. The van der Waals surface area contributed by atoms with Crippen LogP contribution < -0.4 is 10.2 Å². The molecule has 7 nitrogen and oxygen atoms in total. The minimum Gasteiger partial charge on any atom is -0.478 e. The van der Waals surface area contributed by atoms with E-state index in [9.17, 15) is 19.2 Å². The maximum atomic E-state index is 12.8. The lowest BCUT2D eigenvalue weighted by Gasteiger charge is -2.16. The highest BCUT2D eigenvalue weighted by atomic mass is 35.5. The fourth-order valence-electron chi connectivity index (χ4n) is 2.75. The predicted molar refractivity (Wildman–Crippen MR) is 115 cm³/mol. The zero-order valence-electron chi connectivity index (χ0n) is 15.2. The molecule has 154 valence electrons. The van der Waals surface area contributed by atoms with Crippen LogP contribution in [0.3, 0.4) is 0 Å². The summed E-state index contributed by atoms with van der Waals surface area (Å²) in [5, 5.41) is 11.0. The van der Waals surface area contributed by atoms with Crippen LogP contribution in [0.1, 0.15) is 6.42 Å². The number of carboxylic acids is 1. The summed E-state index contributed by atoms with van der Waals surface area (Å²) in [5.74, 6) is -2.60. The minimum absolute atomic E-state index is 0.000388. The van der Waals surface area contributed by atoms with Gasteiger partial charge in [-0.15, -0.1) is 11.8 Å². The predicted octanol–water partition coefficient (Wildman–Crippen LogP) is 4.00. The molecule has 30 heavy (non-hydrogen) atoms. The molecule has 0 aromatic heterocycles. The first-order valence-electron chi connectivity index (χ1n) is 8.55.